The lowest BCUT2D eigenvalue weighted by Crippen LogP contribution is -2.20. The van der Waals surface area contributed by atoms with E-state index in [0.717, 1.165) is 49.0 Å². The van der Waals surface area contributed by atoms with Gasteiger partial charge in [0, 0.05) is 26.8 Å². The summed E-state index contributed by atoms with van der Waals surface area (Å²) in [4.78, 5) is 5.01. The molecule has 1 aliphatic rings. The van der Waals surface area contributed by atoms with Gasteiger partial charge >= 0.3 is 0 Å². The molecule has 5 aromatic carbocycles. The van der Waals surface area contributed by atoms with Gasteiger partial charge in [-0.25, -0.2) is 4.98 Å². The molecule has 1 atom stereocenters. The number of fused-ring (bicyclic) bond motifs is 11. The van der Waals surface area contributed by atoms with E-state index < -0.39 is 7.14 Å². The Hall–Kier alpha value is -4.20. The third-order valence-corrected chi connectivity index (χ3v) is 11.3. The van der Waals surface area contributed by atoms with Crippen molar-refractivity contribution in [2.24, 2.45) is 0 Å². The first-order valence-corrected chi connectivity index (χ1v) is 15.6. The zero-order chi connectivity index (χ0) is 26.5. The lowest BCUT2D eigenvalue weighted by atomic mass is 9.82. The number of aromatic nitrogens is 2. The summed E-state index contributed by atoms with van der Waals surface area (Å²) >= 11 is 0. The Balaban J connectivity index is 1.38. The molecular weight excluding hydrogens is 495 g/mol. The van der Waals surface area contributed by atoms with Gasteiger partial charge in [0.05, 0.1) is 16.6 Å². The van der Waals surface area contributed by atoms with Crippen LogP contribution in [0, 0.1) is 0 Å². The SMILES string of the molecule is CC1(C)c2ccccc2-c2ccc(P(C)(=O)c3ccc4c5ccccc5c5nc6ccccc6n5c4c3)cc21. The monoisotopic (exact) mass is 522 g/mol. The van der Waals surface area contributed by atoms with Crippen LogP contribution >= 0.6 is 7.14 Å². The first-order chi connectivity index (χ1) is 18.9. The maximum absolute atomic E-state index is 14.7. The molecule has 0 saturated carbocycles. The molecule has 2 heterocycles. The predicted molar refractivity (Wildman–Crippen MR) is 165 cm³/mol. The van der Waals surface area contributed by atoms with Gasteiger partial charge in [0.15, 0.2) is 0 Å². The molecule has 7 aromatic rings. The summed E-state index contributed by atoms with van der Waals surface area (Å²) in [7, 11) is -2.90. The van der Waals surface area contributed by atoms with Crippen LogP contribution in [0.4, 0.5) is 0 Å². The fourth-order valence-electron chi connectivity index (χ4n) is 6.67. The summed E-state index contributed by atoms with van der Waals surface area (Å²) in [6.07, 6.45) is 0. The molecule has 1 unspecified atom stereocenters. The van der Waals surface area contributed by atoms with E-state index in [-0.39, 0.29) is 5.41 Å². The summed E-state index contributed by atoms with van der Waals surface area (Å²) in [5.74, 6) is 0. The Morgan fingerprint density at radius 1 is 0.641 bits per heavy atom. The molecular formula is C35H27N2OP. The van der Waals surface area contributed by atoms with Crippen molar-refractivity contribution in [3.63, 3.8) is 0 Å². The summed E-state index contributed by atoms with van der Waals surface area (Å²) in [5.41, 5.74) is 8.95. The zero-order valence-electron chi connectivity index (χ0n) is 22.1. The van der Waals surface area contributed by atoms with E-state index in [2.05, 4.69) is 121 Å². The second kappa shape index (κ2) is 7.68. The van der Waals surface area contributed by atoms with E-state index in [1.165, 1.54) is 22.3 Å². The zero-order valence-corrected chi connectivity index (χ0v) is 23.0. The molecule has 8 rings (SSSR count). The van der Waals surface area contributed by atoms with Crippen LogP contribution in [0.25, 0.3) is 49.5 Å². The second-order valence-electron chi connectivity index (χ2n) is 11.3. The fourth-order valence-corrected chi connectivity index (χ4v) is 8.43. The van der Waals surface area contributed by atoms with Crippen LogP contribution in [-0.4, -0.2) is 16.0 Å². The number of hydrogen-bond donors (Lipinski definition) is 0. The van der Waals surface area contributed by atoms with Crippen molar-refractivity contribution in [1.29, 1.82) is 0 Å². The topological polar surface area (TPSA) is 34.4 Å². The van der Waals surface area contributed by atoms with Crippen molar-refractivity contribution in [2.45, 2.75) is 19.3 Å². The third kappa shape index (κ3) is 3.00. The van der Waals surface area contributed by atoms with Crippen LogP contribution in [0.3, 0.4) is 0 Å². The Bertz CT molecular complexity index is 2200. The minimum Gasteiger partial charge on any atom is -0.314 e. The summed E-state index contributed by atoms with van der Waals surface area (Å²) < 4.78 is 17.0. The highest BCUT2D eigenvalue weighted by Crippen LogP contribution is 2.50. The largest absolute Gasteiger partial charge is 0.314 e. The average Bonchev–Trinajstić information content (AvgIpc) is 3.46. The Labute approximate surface area is 227 Å². The van der Waals surface area contributed by atoms with Gasteiger partial charge in [-0.2, -0.15) is 0 Å². The van der Waals surface area contributed by atoms with Gasteiger partial charge in [0.1, 0.15) is 12.8 Å². The van der Waals surface area contributed by atoms with Crippen molar-refractivity contribution >= 4 is 56.1 Å². The summed E-state index contributed by atoms with van der Waals surface area (Å²) in [6.45, 7) is 6.45. The van der Waals surface area contributed by atoms with Crippen molar-refractivity contribution in [3.8, 4) is 11.1 Å². The molecule has 3 nitrogen and oxygen atoms in total. The number of hydrogen-bond acceptors (Lipinski definition) is 2. The van der Waals surface area contributed by atoms with Crippen molar-refractivity contribution in [1.82, 2.24) is 9.38 Å². The Morgan fingerprint density at radius 3 is 2.18 bits per heavy atom. The van der Waals surface area contributed by atoms with Gasteiger partial charge < -0.3 is 4.57 Å². The highest BCUT2D eigenvalue weighted by Gasteiger charge is 2.36. The molecule has 0 radical (unpaired) electrons. The van der Waals surface area contributed by atoms with E-state index in [1.54, 1.807) is 0 Å². The number of nitrogens with zero attached hydrogens (tertiary/aromatic N) is 2. The van der Waals surface area contributed by atoms with Crippen LogP contribution in [-0.2, 0) is 9.98 Å². The molecule has 0 spiro atoms. The molecule has 1 aliphatic carbocycles. The van der Waals surface area contributed by atoms with Crippen molar-refractivity contribution < 1.29 is 4.57 Å². The number of imidazole rings is 1. The Morgan fingerprint density at radius 2 is 1.31 bits per heavy atom. The van der Waals surface area contributed by atoms with E-state index in [1.807, 2.05) is 12.7 Å². The quantitative estimate of drug-likeness (QED) is 0.170. The second-order valence-corrected chi connectivity index (χ2v) is 14.2. The van der Waals surface area contributed by atoms with E-state index >= 15 is 0 Å². The normalized spacial score (nSPS) is 15.6. The summed E-state index contributed by atoms with van der Waals surface area (Å²) in [5, 5.41) is 5.17. The van der Waals surface area contributed by atoms with Gasteiger partial charge in [0.25, 0.3) is 0 Å². The number of pyridine rings is 1. The van der Waals surface area contributed by atoms with Gasteiger partial charge in [-0.1, -0.05) is 98.8 Å². The van der Waals surface area contributed by atoms with Crippen LogP contribution in [0.15, 0.2) is 109 Å². The third-order valence-electron chi connectivity index (χ3n) is 8.79. The number of benzene rings is 5. The lowest BCUT2D eigenvalue weighted by Gasteiger charge is -2.23. The van der Waals surface area contributed by atoms with Crippen LogP contribution in [0.1, 0.15) is 25.0 Å². The Kier molecular flexibility index (Phi) is 4.48. The predicted octanol–water partition coefficient (Wildman–Crippen LogP) is 8.04. The minimum atomic E-state index is -2.90. The highest BCUT2D eigenvalue weighted by atomic mass is 31.2. The van der Waals surface area contributed by atoms with Crippen molar-refractivity contribution in [3.05, 3.63) is 120 Å². The van der Waals surface area contributed by atoms with Crippen molar-refractivity contribution in [2.75, 3.05) is 6.66 Å². The molecule has 0 N–H and O–H groups in total. The first kappa shape index (κ1) is 22.8. The standard InChI is InChI=1S/C35H27N2OP/c1-35(2)29-13-7-6-11-25(29)26-18-16-22(20-30(26)35)39(3,38)23-17-19-27-24-10-4-5-12-28(24)34-36-31-14-8-9-15-32(31)37(34)33(27)21-23/h4-21H,1-3H3. The smallest absolute Gasteiger partial charge is 0.146 e. The molecule has 0 amide bonds. The molecule has 39 heavy (non-hydrogen) atoms. The molecule has 188 valence electrons. The van der Waals surface area contributed by atoms with E-state index in [9.17, 15) is 4.57 Å². The van der Waals surface area contributed by atoms with Gasteiger partial charge in [-0.3, -0.25) is 4.40 Å². The van der Waals surface area contributed by atoms with Gasteiger partial charge in [0.2, 0.25) is 0 Å². The van der Waals surface area contributed by atoms with Crippen LogP contribution in [0.5, 0.6) is 0 Å². The van der Waals surface area contributed by atoms with Gasteiger partial charge in [-0.05, 0) is 58.6 Å². The number of rotatable bonds is 2. The molecule has 4 heteroatoms. The minimum absolute atomic E-state index is 0.133. The molecule has 0 saturated heterocycles. The first-order valence-electron chi connectivity index (χ1n) is 13.4. The average molecular weight is 523 g/mol. The fraction of sp³-hybridized carbons (Fsp3) is 0.114. The summed E-state index contributed by atoms with van der Waals surface area (Å²) in [6, 6.07) is 38.1. The maximum atomic E-state index is 14.7. The van der Waals surface area contributed by atoms with E-state index in [4.69, 9.17) is 4.98 Å². The van der Waals surface area contributed by atoms with Crippen LogP contribution in [0.2, 0.25) is 0 Å². The van der Waals surface area contributed by atoms with E-state index in [0.29, 0.717) is 0 Å². The molecule has 2 aromatic heterocycles. The van der Waals surface area contributed by atoms with Gasteiger partial charge in [-0.15, -0.1) is 0 Å². The molecule has 0 fully saturated rings. The molecule has 0 aliphatic heterocycles. The highest BCUT2D eigenvalue weighted by molar-refractivity contribution is 7.78. The lowest BCUT2D eigenvalue weighted by molar-refractivity contribution is 0.590. The maximum Gasteiger partial charge on any atom is 0.146 e. The number of para-hydroxylation sites is 2. The van der Waals surface area contributed by atoms with Crippen LogP contribution < -0.4 is 10.6 Å². The molecule has 0 bridgehead atoms.